The molecule has 0 radical (unpaired) electrons. The van der Waals surface area contributed by atoms with E-state index in [1.807, 2.05) is 13.8 Å². The lowest BCUT2D eigenvalue weighted by atomic mass is 10.0. The molecule has 1 aliphatic heterocycles. The van der Waals surface area contributed by atoms with Gasteiger partial charge < -0.3 is 10.1 Å². The summed E-state index contributed by atoms with van der Waals surface area (Å²) in [4.78, 5) is 11.6. The molecule has 0 saturated carbocycles. The summed E-state index contributed by atoms with van der Waals surface area (Å²) in [7, 11) is 1.41. The van der Waals surface area contributed by atoms with Gasteiger partial charge in [0.2, 0.25) is 0 Å². The highest BCUT2D eigenvalue weighted by Crippen LogP contribution is 2.26. The van der Waals surface area contributed by atoms with Gasteiger partial charge in [-0.3, -0.25) is 10.1 Å². The molecule has 0 bridgehead atoms. The van der Waals surface area contributed by atoms with Gasteiger partial charge in [0.1, 0.15) is 5.54 Å². The number of anilines is 1. The third-order valence-corrected chi connectivity index (χ3v) is 3.35. The van der Waals surface area contributed by atoms with Crippen LogP contribution in [0.15, 0.2) is 18.2 Å². The van der Waals surface area contributed by atoms with Crippen molar-refractivity contribution in [3.05, 3.63) is 29.3 Å². The Morgan fingerprint density at radius 2 is 2.28 bits per heavy atom. The van der Waals surface area contributed by atoms with Crippen LogP contribution in [0.5, 0.6) is 0 Å². The third kappa shape index (κ3) is 2.48. The molecule has 0 aromatic heterocycles. The van der Waals surface area contributed by atoms with E-state index < -0.39 is 5.54 Å². The van der Waals surface area contributed by atoms with E-state index in [1.165, 1.54) is 23.9 Å². The molecule has 0 amide bonds. The van der Waals surface area contributed by atoms with Gasteiger partial charge in [-0.2, -0.15) is 0 Å². The van der Waals surface area contributed by atoms with Gasteiger partial charge in [-0.05, 0) is 31.4 Å². The lowest BCUT2D eigenvalue weighted by Crippen LogP contribution is -2.47. The molecule has 4 heteroatoms. The zero-order chi connectivity index (χ0) is 13.2. The molecular weight excluding hydrogens is 228 g/mol. The Bertz CT molecular complexity index is 455. The molecule has 2 N–H and O–H groups in total. The number of benzene rings is 1. The highest BCUT2D eigenvalue weighted by molar-refractivity contribution is 5.79. The minimum Gasteiger partial charge on any atom is -0.468 e. The summed E-state index contributed by atoms with van der Waals surface area (Å²) < 4.78 is 4.78. The molecular formula is C14H20N2O2. The van der Waals surface area contributed by atoms with Crippen LogP contribution >= 0.6 is 0 Å². The Balaban J connectivity index is 2.07. The quantitative estimate of drug-likeness (QED) is 0.796. The standard InChI is InChI=1S/C14H20N2O2/c1-14(2,13(17)18-3)16-9-11-6-4-5-10-7-8-15-12(10)11/h4-6,15-16H,7-9H2,1-3H3. The van der Waals surface area contributed by atoms with Crippen LogP contribution in [-0.4, -0.2) is 25.2 Å². The van der Waals surface area contributed by atoms with E-state index in [1.54, 1.807) is 0 Å². The molecule has 0 unspecified atom stereocenters. The number of ether oxygens (including phenoxy) is 1. The Morgan fingerprint density at radius 1 is 1.50 bits per heavy atom. The Hall–Kier alpha value is -1.55. The number of hydrogen-bond donors (Lipinski definition) is 2. The van der Waals surface area contributed by atoms with Gasteiger partial charge in [0.05, 0.1) is 7.11 Å². The summed E-state index contributed by atoms with van der Waals surface area (Å²) in [5.74, 6) is -0.247. The van der Waals surface area contributed by atoms with E-state index in [9.17, 15) is 4.79 Å². The second-order valence-corrected chi connectivity index (χ2v) is 5.10. The monoisotopic (exact) mass is 248 g/mol. The topological polar surface area (TPSA) is 50.4 Å². The molecule has 1 aromatic carbocycles. The molecule has 0 aliphatic carbocycles. The third-order valence-electron chi connectivity index (χ3n) is 3.35. The fourth-order valence-corrected chi connectivity index (χ4v) is 2.20. The number of hydrogen-bond acceptors (Lipinski definition) is 4. The van der Waals surface area contributed by atoms with Crippen LogP contribution in [-0.2, 0) is 22.5 Å². The van der Waals surface area contributed by atoms with Crippen molar-refractivity contribution in [1.29, 1.82) is 0 Å². The minimum absolute atomic E-state index is 0.247. The van der Waals surface area contributed by atoms with Crippen LogP contribution in [0.2, 0.25) is 0 Å². The molecule has 98 valence electrons. The zero-order valence-electron chi connectivity index (χ0n) is 11.2. The average Bonchev–Trinajstić information content (AvgIpc) is 2.84. The predicted molar refractivity (Wildman–Crippen MR) is 71.6 cm³/mol. The number of nitrogens with one attached hydrogen (secondary N) is 2. The number of carbonyl (C=O) groups excluding carboxylic acids is 1. The van der Waals surface area contributed by atoms with Crippen molar-refractivity contribution in [2.75, 3.05) is 19.0 Å². The fourth-order valence-electron chi connectivity index (χ4n) is 2.20. The fraction of sp³-hybridized carbons (Fsp3) is 0.500. The first kappa shape index (κ1) is 12.9. The summed E-state index contributed by atoms with van der Waals surface area (Å²) in [6.07, 6.45) is 1.07. The summed E-state index contributed by atoms with van der Waals surface area (Å²) in [6.45, 7) is 5.30. The summed E-state index contributed by atoms with van der Waals surface area (Å²) >= 11 is 0. The molecule has 0 fully saturated rings. The summed E-state index contributed by atoms with van der Waals surface area (Å²) in [5, 5.41) is 6.63. The molecule has 18 heavy (non-hydrogen) atoms. The molecule has 0 spiro atoms. The molecule has 1 heterocycles. The van der Waals surface area contributed by atoms with Crippen molar-refractivity contribution >= 4 is 11.7 Å². The maximum Gasteiger partial charge on any atom is 0.325 e. The van der Waals surface area contributed by atoms with Crippen LogP contribution in [0.4, 0.5) is 5.69 Å². The lowest BCUT2D eigenvalue weighted by Gasteiger charge is -2.23. The van der Waals surface area contributed by atoms with Gasteiger partial charge in [0.15, 0.2) is 0 Å². The van der Waals surface area contributed by atoms with E-state index in [4.69, 9.17) is 4.74 Å². The minimum atomic E-state index is -0.671. The van der Waals surface area contributed by atoms with Crippen molar-refractivity contribution in [2.24, 2.45) is 0 Å². The number of methoxy groups -OCH3 is 1. The first-order valence-corrected chi connectivity index (χ1v) is 6.22. The molecule has 0 saturated heterocycles. The zero-order valence-corrected chi connectivity index (χ0v) is 11.2. The van der Waals surface area contributed by atoms with Crippen molar-refractivity contribution in [2.45, 2.75) is 32.4 Å². The van der Waals surface area contributed by atoms with Crippen LogP contribution in [0.25, 0.3) is 0 Å². The van der Waals surface area contributed by atoms with E-state index in [0.29, 0.717) is 6.54 Å². The number of fused-ring (bicyclic) bond motifs is 1. The predicted octanol–water partition coefficient (Wildman–Crippen LogP) is 1.70. The van der Waals surface area contributed by atoms with E-state index >= 15 is 0 Å². The van der Waals surface area contributed by atoms with Gasteiger partial charge in [0, 0.05) is 18.8 Å². The van der Waals surface area contributed by atoms with Gasteiger partial charge in [-0.25, -0.2) is 0 Å². The molecule has 1 aromatic rings. The highest BCUT2D eigenvalue weighted by Gasteiger charge is 2.28. The van der Waals surface area contributed by atoms with Crippen LogP contribution < -0.4 is 10.6 Å². The van der Waals surface area contributed by atoms with Crippen molar-refractivity contribution in [3.63, 3.8) is 0 Å². The second kappa shape index (κ2) is 4.98. The van der Waals surface area contributed by atoms with Crippen molar-refractivity contribution < 1.29 is 9.53 Å². The first-order valence-electron chi connectivity index (χ1n) is 6.22. The first-order chi connectivity index (χ1) is 8.54. The van der Waals surface area contributed by atoms with E-state index in [-0.39, 0.29) is 5.97 Å². The smallest absolute Gasteiger partial charge is 0.325 e. The SMILES string of the molecule is COC(=O)C(C)(C)NCc1cccc2c1NCC2. The van der Waals surface area contributed by atoms with Gasteiger partial charge in [-0.1, -0.05) is 18.2 Å². The van der Waals surface area contributed by atoms with Gasteiger partial charge in [0.25, 0.3) is 0 Å². The maximum atomic E-state index is 11.6. The second-order valence-electron chi connectivity index (χ2n) is 5.10. The lowest BCUT2D eigenvalue weighted by molar-refractivity contribution is -0.147. The largest absolute Gasteiger partial charge is 0.468 e. The van der Waals surface area contributed by atoms with Crippen molar-refractivity contribution in [3.8, 4) is 0 Å². The molecule has 0 atom stereocenters. The van der Waals surface area contributed by atoms with Crippen LogP contribution in [0.1, 0.15) is 25.0 Å². The Labute approximate surface area is 108 Å². The number of carbonyl (C=O) groups is 1. The van der Waals surface area contributed by atoms with Gasteiger partial charge >= 0.3 is 5.97 Å². The molecule has 2 rings (SSSR count). The number of esters is 1. The normalized spacial score (nSPS) is 13.9. The summed E-state index contributed by atoms with van der Waals surface area (Å²) in [6, 6.07) is 6.29. The number of para-hydroxylation sites is 1. The van der Waals surface area contributed by atoms with Crippen LogP contribution in [0.3, 0.4) is 0 Å². The Morgan fingerprint density at radius 3 is 3.00 bits per heavy atom. The maximum absolute atomic E-state index is 11.6. The van der Waals surface area contributed by atoms with Gasteiger partial charge in [-0.15, -0.1) is 0 Å². The van der Waals surface area contributed by atoms with Crippen molar-refractivity contribution in [1.82, 2.24) is 5.32 Å². The molecule has 1 aliphatic rings. The highest BCUT2D eigenvalue weighted by atomic mass is 16.5. The van der Waals surface area contributed by atoms with Crippen LogP contribution in [0, 0.1) is 0 Å². The molecule has 4 nitrogen and oxygen atoms in total. The number of rotatable bonds is 4. The average molecular weight is 248 g/mol. The van der Waals surface area contributed by atoms with E-state index in [2.05, 4.69) is 28.8 Å². The summed E-state index contributed by atoms with van der Waals surface area (Å²) in [5.41, 5.74) is 3.09. The van der Waals surface area contributed by atoms with E-state index in [0.717, 1.165) is 13.0 Å². The Kier molecular flexibility index (Phi) is 3.57.